The summed E-state index contributed by atoms with van der Waals surface area (Å²) in [5, 5.41) is 1.01. The van der Waals surface area contributed by atoms with Gasteiger partial charge in [-0.2, -0.15) is 0 Å². The van der Waals surface area contributed by atoms with Gasteiger partial charge in [0.25, 0.3) is 0 Å². The third-order valence-electron chi connectivity index (χ3n) is 6.17. The number of hydrogen-bond donors (Lipinski definition) is 0. The molecular formula is C29H32N2O2. The van der Waals surface area contributed by atoms with Gasteiger partial charge in [0.15, 0.2) is 0 Å². The Hall–Kier alpha value is -3.53. The second-order valence-electron chi connectivity index (χ2n) is 8.25. The van der Waals surface area contributed by atoms with E-state index in [-0.39, 0.29) is 6.03 Å². The number of rotatable bonds is 8. The van der Waals surface area contributed by atoms with Crippen LogP contribution in [0.25, 0.3) is 10.9 Å². The van der Waals surface area contributed by atoms with Crippen molar-refractivity contribution in [3.05, 3.63) is 101 Å². The molecule has 0 bridgehead atoms. The average molecular weight is 441 g/mol. The lowest BCUT2D eigenvalue weighted by Gasteiger charge is -2.19. The summed E-state index contributed by atoms with van der Waals surface area (Å²) in [5.74, 6) is 0.808. The summed E-state index contributed by atoms with van der Waals surface area (Å²) in [4.78, 5) is 15.2. The highest BCUT2D eigenvalue weighted by Gasteiger charge is 2.20. The minimum Gasteiger partial charge on any atom is -0.488 e. The highest BCUT2D eigenvalue weighted by molar-refractivity contribution is 5.97. The van der Waals surface area contributed by atoms with Crippen molar-refractivity contribution in [3.63, 3.8) is 0 Å². The number of nitrogens with zero attached hydrogens (tertiary/aromatic N) is 2. The predicted octanol–water partition coefficient (Wildman–Crippen LogP) is 6.68. The van der Waals surface area contributed by atoms with Crippen molar-refractivity contribution in [1.82, 2.24) is 9.47 Å². The molecule has 4 heteroatoms. The fourth-order valence-corrected chi connectivity index (χ4v) is 4.24. The van der Waals surface area contributed by atoms with E-state index in [0.29, 0.717) is 19.7 Å². The fraction of sp³-hybridized carbons (Fsp3) is 0.276. The van der Waals surface area contributed by atoms with E-state index in [1.165, 1.54) is 11.1 Å². The minimum atomic E-state index is -0.00205. The summed E-state index contributed by atoms with van der Waals surface area (Å²) in [6, 6.07) is 24.9. The smallest absolute Gasteiger partial charge is 0.328 e. The van der Waals surface area contributed by atoms with Gasteiger partial charge in [-0.15, -0.1) is 0 Å². The predicted molar refractivity (Wildman–Crippen MR) is 135 cm³/mol. The molecule has 0 spiro atoms. The Kier molecular flexibility index (Phi) is 7.13. The van der Waals surface area contributed by atoms with Crippen molar-refractivity contribution < 1.29 is 9.53 Å². The molecule has 0 saturated carbocycles. The van der Waals surface area contributed by atoms with E-state index in [9.17, 15) is 4.79 Å². The van der Waals surface area contributed by atoms with Crippen LogP contribution in [0.2, 0.25) is 0 Å². The minimum absolute atomic E-state index is 0.00205. The topological polar surface area (TPSA) is 34.5 Å². The van der Waals surface area contributed by atoms with Crippen molar-refractivity contribution in [1.29, 1.82) is 0 Å². The van der Waals surface area contributed by atoms with Crippen LogP contribution < -0.4 is 4.74 Å². The van der Waals surface area contributed by atoms with Gasteiger partial charge >= 0.3 is 6.03 Å². The number of aryl methyl sites for hydroxylation is 1. The molecule has 1 amide bonds. The van der Waals surface area contributed by atoms with Crippen molar-refractivity contribution in [2.24, 2.45) is 0 Å². The van der Waals surface area contributed by atoms with Crippen LogP contribution in [0.15, 0.2) is 79.0 Å². The van der Waals surface area contributed by atoms with Crippen molar-refractivity contribution in [3.8, 4) is 5.75 Å². The summed E-state index contributed by atoms with van der Waals surface area (Å²) >= 11 is 0. The van der Waals surface area contributed by atoms with E-state index in [1.54, 1.807) is 4.57 Å². The summed E-state index contributed by atoms with van der Waals surface area (Å²) in [6.07, 6.45) is 3.76. The number of carbonyl (C=O) groups excluding carboxylic acids is 1. The normalized spacial score (nSPS) is 11.0. The zero-order chi connectivity index (χ0) is 23.2. The van der Waals surface area contributed by atoms with Crippen LogP contribution in [-0.2, 0) is 19.4 Å². The highest BCUT2D eigenvalue weighted by atomic mass is 16.5. The van der Waals surface area contributed by atoms with Crippen molar-refractivity contribution >= 4 is 16.9 Å². The molecule has 0 aliphatic carbocycles. The molecule has 0 atom stereocenters. The third-order valence-corrected chi connectivity index (χ3v) is 6.17. The third kappa shape index (κ3) is 4.95. The standard InChI is InChI=1S/C29H32N2O2/c1-4-22-15-17-23(18-16-22)19-25-20-31(29(32)30(5-2)6-3)26-13-10-14-27(28(25)26)33-21-24-11-8-7-9-12-24/h7-18,20H,4-6,19,21H2,1-3H3. The Labute approximate surface area is 196 Å². The van der Waals surface area contributed by atoms with E-state index >= 15 is 0 Å². The second-order valence-corrected chi connectivity index (χ2v) is 8.25. The molecule has 0 saturated heterocycles. The zero-order valence-electron chi connectivity index (χ0n) is 19.8. The van der Waals surface area contributed by atoms with E-state index in [1.807, 2.05) is 61.3 Å². The number of carbonyl (C=O) groups is 1. The number of aromatic nitrogens is 1. The van der Waals surface area contributed by atoms with Gasteiger partial charge in [-0.05, 0) is 61.1 Å². The Morgan fingerprint density at radius 1 is 0.818 bits per heavy atom. The molecule has 4 rings (SSSR count). The van der Waals surface area contributed by atoms with Crippen molar-refractivity contribution in [2.75, 3.05) is 13.1 Å². The lowest BCUT2D eigenvalue weighted by Crippen LogP contribution is -2.33. The summed E-state index contributed by atoms with van der Waals surface area (Å²) in [6.45, 7) is 8.02. The lowest BCUT2D eigenvalue weighted by atomic mass is 10.0. The Morgan fingerprint density at radius 3 is 2.18 bits per heavy atom. The van der Waals surface area contributed by atoms with Gasteiger partial charge in [-0.25, -0.2) is 4.79 Å². The van der Waals surface area contributed by atoms with Crippen LogP contribution in [0.4, 0.5) is 4.79 Å². The van der Waals surface area contributed by atoms with Gasteiger partial charge in [0.1, 0.15) is 12.4 Å². The first kappa shape index (κ1) is 22.7. The first-order valence-corrected chi connectivity index (χ1v) is 11.8. The molecule has 1 heterocycles. The van der Waals surface area contributed by atoms with E-state index < -0.39 is 0 Å². The molecule has 4 nitrogen and oxygen atoms in total. The first-order valence-electron chi connectivity index (χ1n) is 11.8. The number of ether oxygens (including phenoxy) is 1. The average Bonchev–Trinajstić information content (AvgIpc) is 3.23. The monoisotopic (exact) mass is 440 g/mol. The molecule has 0 N–H and O–H groups in total. The fourth-order valence-electron chi connectivity index (χ4n) is 4.24. The van der Waals surface area contributed by atoms with Gasteiger partial charge in [0.2, 0.25) is 0 Å². The van der Waals surface area contributed by atoms with Crippen LogP contribution >= 0.6 is 0 Å². The van der Waals surface area contributed by atoms with Crippen LogP contribution in [0.1, 0.15) is 43.0 Å². The first-order chi connectivity index (χ1) is 16.1. The van der Waals surface area contributed by atoms with Gasteiger partial charge in [0, 0.05) is 24.7 Å². The maximum Gasteiger partial charge on any atom is 0.328 e. The highest BCUT2D eigenvalue weighted by Crippen LogP contribution is 2.33. The van der Waals surface area contributed by atoms with Crippen molar-refractivity contribution in [2.45, 2.75) is 40.2 Å². The maximum absolute atomic E-state index is 13.3. The maximum atomic E-state index is 13.3. The van der Waals surface area contributed by atoms with E-state index in [4.69, 9.17) is 4.74 Å². The molecule has 4 aromatic rings. The molecule has 0 fully saturated rings. The molecule has 1 aromatic heterocycles. The Balaban J connectivity index is 1.76. The summed E-state index contributed by atoms with van der Waals surface area (Å²) in [7, 11) is 0. The SMILES string of the molecule is CCc1ccc(Cc2cn(C(=O)N(CC)CC)c3cccc(OCc4ccccc4)c23)cc1. The summed E-state index contributed by atoms with van der Waals surface area (Å²) < 4.78 is 8.07. The molecule has 3 aromatic carbocycles. The van der Waals surface area contributed by atoms with E-state index in [0.717, 1.165) is 40.6 Å². The number of amides is 1. The Morgan fingerprint density at radius 2 is 1.52 bits per heavy atom. The number of benzene rings is 3. The molecule has 33 heavy (non-hydrogen) atoms. The zero-order valence-corrected chi connectivity index (χ0v) is 19.8. The van der Waals surface area contributed by atoms with Gasteiger partial charge < -0.3 is 9.64 Å². The quantitative estimate of drug-likeness (QED) is 0.306. The Bertz CT molecular complexity index is 1210. The van der Waals surface area contributed by atoms with Gasteiger partial charge in [-0.1, -0.05) is 67.6 Å². The molecule has 0 radical (unpaired) electrons. The van der Waals surface area contributed by atoms with Crippen LogP contribution in [0.3, 0.4) is 0 Å². The molecule has 0 aliphatic rings. The van der Waals surface area contributed by atoms with Crippen LogP contribution in [0.5, 0.6) is 5.75 Å². The van der Waals surface area contributed by atoms with Crippen LogP contribution in [-0.4, -0.2) is 28.6 Å². The number of hydrogen-bond acceptors (Lipinski definition) is 2. The number of fused-ring (bicyclic) bond motifs is 1. The largest absolute Gasteiger partial charge is 0.488 e. The summed E-state index contributed by atoms with van der Waals surface area (Å²) in [5.41, 5.74) is 5.64. The van der Waals surface area contributed by atoms with Gasteiger partial charge in [0.05, 0.1) is 5.52 Å². The van der Waals surface area contributed by atoms with Gasteiger partial charge in [-0.3, -0.25) is 4.57 Å². The molecule has 0 aliphatic heterocycles. The van der Waals surface area contributed by atoms with Crippen LogP contribution in [0, 0.1) is 0 Å². The molecular weight excluding hydrogens is 408 g/mol. The molecule has 170 valence electrons. The van der Waals surface area contributed by atoms with E-state index in [2.05, 4.69) is 43.3 Å². The lowest BCUT2D eigenvalue weighted by molar-refractivity contribution is 0.206. The molecule has 0 unspecified atom stereocenters. The second kappa shape index (κ2) is 10.4.